The second kappa shape index (κ2) is 8.75. The predicted molar refractivity (Wildman–Crippen MR) is 125 cm³/mol. The molecule has 2 bridgehead atoms. The van der Waals surface area contributed by atoms with Gasteiger partial charge in [-0.1, -0.05) is 36.4 Å². The maximum atomic E-state index is 13.4. The largest absolute Gasteiger partial charge is 0.493 e. The number of benzene rings is 3. The number of carbonyl (C=O) groups excluding carboxylic acids is 2. The zero-order valence-electron chi connectivity index (χ0n) is 18.7. The smallest absolute Gasteiger partial charge is 0.253 e. The highest BCUT2D eigenvalue weighted by Gasteiger charge is 2.35. The Hall–Kier alpha value is -3.58. The van der Waals surface area contributed by atoms with Crippen LogP contribution in [0.25, 0.3) is 21.9 Å². The summed E-state index contributed by atoms with van der Waals surface area (Å²) in [7, 11) is 3.25. The molecule has 2 saturated heterocycles. The van der Waals surface area contributed by atoms with Gasteiger partial charge in [0.15, 0.2) is 11.5 Å². The number of amides is 2. The Balaban J connectivity index is 1.51. The molecule has 1 N–H and O–H groups in total. The van der Waals surface area contributed by atoms with Crippen molar-refractivity contribution >= 4 is 22.6 Å². The summed E-state index contributed by atoms with van der Waals surface area (Å²) in [5, 5.41) is 4.94. The highest BCUT2D eigenvalue weighted by atomic mass is 16.5. The number of rotatable bonds is 4. The summed E-state index contributed by atoms with van der Waals surface area (Å²) in [5.74, 6) is 0.882. The van der Waals surface area contributed by atoms with Crippen molar-refractivity contribution in [2.45, 2.75) is 6.04 Å². The van der Waals surface area contributed by atoms with E-state index in [-0.39, 0.29) is 23.8 Å². The van der Waals surface area contributed by atoms with E-state index < -0.39 is 0 Å². The molecule has 170 valence electrons. The maximum absolute atomic E-state index is 13.4. The van der Waals surface area contributed by atoms with Gasteiger partial charge in [-0.05, 0) is 34.5 Å². The molecular weight excluding hydrogens is 420 g/mol. The van der Waals surface area contributed by atoms with E-state index >= 15 is 0 Å². The Morgan fingerprint density at radius 1 is 1.00 bits per heavy atom. The summed E-state index contributed by atoms with van der Waals surface area (Å²) in [6.45, 7) is 1.57. The summed E-state index contributed by atoms with van der Waals surface area (Å²) in [6, 6.07) is 17.4. The van der Waals surface area contributed by atoms with E-state index in [1.54, 1.807) is 19.1 Å². The van der Waals surface area contributed by atoms with Crippen molar-refractivity contribution in [1.82, 2.24) is 10.2 Å². The quantitative estimate of drug-likeness (QED) is 0.667. The van der Waals surface area contributed by atoms with Crippen LogP contribution in [0.1, 0.15) is 10.4 Å². The fourth-order valence-corrected chi connectivity index (χ4v) is 4.73. The Labute approximate surface area is 192 Å². The molecule has 0 radical (unpaired) electrons. The van der Waals surface area contributed by atoms with Crippen LogP contribution in [0.3, 0.4) is 0 Å². The summed E-state index contributed by atoms with van der Waals surface area (Å²) >= 11 is 0. The Morgan fingerprint density at radius 2 is 1.82 bits per heavy atom. The molecule has 2 aliphatic rings. The predicted octanol–water partition coefficient (Wildman–Crippen LogP) is 3.11. The SMILES string of the molecule is COc1cccc(-c2cccc3cc(C(=O)N4C[C@H]5COC[C@@H](C4)C(=O)N5)ccc23)c1OC. The first kappa shape index (κ1) is 21.3. The molecule has 33 heavy (non-hydrogen) atoms. The molecule has 7 nitrogen and oxygen atoms in total. The van der Waals surface area contributed by atoms with Gasteiger partial charge in [-0.2, -0.15) is 0 Å². The summed E-state index contributed by atoms with van der Waals surface area (Å²) in [6.07, 6.45) is 0. The number of hydrogen-bond donors (Lipinski definition) is 1. The standard InChI is InChI=1S/C26H26N2O5/c1-31-23-8-4-7-22(24(23)32-2)21-6-3-5-16-11-17(9-10-20(16)21)26(30)28-12-18-14-33-15-19(13-28)27-25(18)29/h3-11,18-19H,12-15H2,1-2H3,(H,27,29)/t18-,19+/m1/s1. The molecule has 0 aromatic heterocycles. The number of ether oxygens (including phenoxy) is 3. The third-order valence-electron chi connectivity index (χ3n) is 6.34. The van der Waals surface area contributed by atoms with Crippen molar-refractivity contribution < 1.29 is 23.8 Å². The Kier molecular flexibility index (Phi) is 5.64. The lowest BCUT2D eigenvalue weighted by Gasteiger charge is -2.27. The second-order valence-corrected chi connectivity index (χ2v) is 8.43. The molecular formula is C26H26N2O5. The molecule has 7 heteroatoms. The first-order valence-electron chi connectivity index (χ1n) is 11.0. The summed E-state index contributed by atoms with van der Waals surface area (Å²) in [4.78, 5) is 27.4. The van der Waals surface area contributed by atoms with Crippen molar-refractivity contribution in [1.29, 1.82) is 0 Å². The number of fused-ring (bicyclic) bond motifs is 4. The molecule has 0 saturated carbocycles. The van der Waals surface area contributed by atoms with Gasteiger partial charge in [-0.3, -0.25) is 9.59 Å². The molecule has 2 amide bonds. The lowest BCUT2D eigenvalue weighted by atomic mass is 9.95. The molecule has 0 spiro atoms. The molecule has 2 atom stereocenters. The van der Waals surface area contributed by atoms with Crippen LogP contribution >= 0.6 is 0 Å². The van der Waals surface area contributed by atoms with E-state index in [4.69, 9.17) is 14.2 Å². The van der Waals surface area contributed by atoms with Gasteiger partial charge in [0.25, 0.3) is 5.91 Å². The number of para-hydroxylation sites is 1. The third-order valence-corrected chi connectivity index (χ3v) is 6.34. The van der Waals surface area contributed by atoms with Crippen molar-refractivity contribution in [3.05, 3.63) is 60.2 Å². The van der Waals surface area contributed by atoms with E-state index in [2.05, 4.69) is 5.32 Å². The number of carbonyl (C=O) groups is 2. The van der Waals surface area contributed by atoms with Crippen molar-refractivity contribution in [2.24, 2.45) is 5.92 Å². The van der Waals surface area contributed by atoms with Crippen molar-refractivity contribution in [2.75, 3.05) is 40.5 Å². The zero-order chi connectivity index (χ0) is 22.9. The topological polar surface area (TPSA) is 77.1 Å². The molecule has 5 rings (SSSR count). The van der Waals surface area contributed by atoms with Gasteiger partial charge in [0, 0.05) is 24.2 Å². The molecule has 0 aliphatic carbocycles. The van der Waals surface area contributed by atoms with E-state index in [9.17, 15) is 9.59 Å². The number of methoxy groups -OCH3 is 2. The molecule has 3 aromatic carbocycles. The van der Waals surface area contributed by atoms with Gasteiger partial charge in [0.2, 0.25) is 5.91 Å². The highest BCUT2D eigenvalue weighted by molar-refractivity contribution is 6.03. The van der Waals surface area contributed by atoms with Crippen LogP contribution in [0.15, 0.2) is 54.6 Å². The number of nitrogens with one attached hydrogen (secondary N) is 1. The fourth-order valence-electron chi connectivity index (χ4n) is 4.73. The Bertz CT molecular complexity index is 1220. The number of nitrogens with zero attached hydrogens (tertiary/aromatic N) is 1. The van der Waals surface area contributed by atoms with Crippen LogP contribution in [0, 0.1) is 5.92 Å². The highest BCUT2D eigenvalue weighted by Crippen LogP contribution is 2.40. The molecule has 0 unspecified atom stereocenters. The van der Waals surface area contributed by atoms with Crippen LogP contribution < -0.4 is 14.8 Å². The summed E-state index contributed by atoms with van der Waals surface area (Å²) < 4.78 is 16.7. The first-order chi connectivity index (χ1) is 16.1. The lowest BCUT2D eigenvalue weighted by Crippen LogP contribution is -2.44. The minimum absolute atomic E-state index is 0.0387. The van der Waals surface area contributed by atoms with Gasteiger partial charge < -0.3 is 24.4 Å². The summed E-state index contributed by atoms with van der Waals surface area (Å²) in [5.41, 5.74) is 2.52. The normalized spacial score (nSPS) is 20.2. The average molecular weight is 447 g/mol. The molecule has 2 heterocycles. The van der Waals surface area contributed by atoms with Gasteiger partial charge >= 0.3 is 0 Å². The van der Waals surface area contributed by atoms with E-state index in [1.807, 2.05) is 54.6 Å². The second-order valence-electron chi connectivity index (χ2n) is 8.43. The van der Waals surface area contributed by atoms with Gasteiger partial charge in [-0.25, -0.2) is 0 Å². The zero-order valence-corrected chi connectivity index (χ0v) is 18.7. The van der Waals surface area contributed by atoms with Gasteiger partial charge in [0.1, 0.15) is 0 Å². The lowest BCUT2D eigenvalue weighted by molar-refractivity contribution is -0.125. The van der Waals surface area contributed by atoms with Crippen LogP contribution in [0.5, 0.6) is 11.5 Å². The van der Waals surface area contributed by atoms with Gasteiger partial charge in [-0.15, -0.1) is 0 Å². The molecule has 3 aromatic rings. The van der Waals surface area contributed by atoms with Gasteiger partial charge in [0.05, 0.1) is 39.4 Å². The minimum atomic E-state index is -0.339. The van der Waals surface area contributed by atoms with Crippen LogP contribution in [-0.2, 0) is 9.53 Å². The maximum Gasteiger partial charge on any atom is 0.253 e. The first-order valence-corrected chi connectivity index (χ1v) is 11.0. The fraction of sp³-hybridized carbons (Fsp3) is 0.308. The monoisotopic (exact) mass is 446 g/mol. The van der Waals surface area contributed by atoms with E-state index in [1.165, 1.54) is 0 Å². The van der Waals surface area contributed by atoms with Crippen LogP contribution in [-0.4, -0.2) is 63.3 Å². The van der Waals surface area contributed by atoms with Crippen molar-refractivity contribution in [3.8, 4) is 22.6 Å². The minimum Gasteiger partial charge on any atom is -0.493 e. The third kappa shape index (κ3) is 3.89. The Morgan fingerprint density at radius 3 is 2.64 bits per heavy atom. The van der Waals surface area contributed by atoms with Crippen LogP contribution in [0.4, 0.5) is 0 Å². The number of hydrogen-bond acceptors (Lipinski definition) is 5. The average Bonchev–Trinajstić information content (AvgIpc) is 3.10. The van der Waals surface area contributed by atoms with Crippen molar-refractivity contribution in [3.63, 3.8) is 0 Å². The molecule has 2 aliphatic heterocycles. The van der Waals surface area contributed by atoms with E-state index in [0.717, 1.165) is 21.9 Å². The van der Waals surface area contributed by atoms with Crippen LogP contribution in [0.2, 0.25) is 0 Å². The van der Waals surface area contributed by atoms with E-state index in [0.29, 0.717) is 43.4 Å². The molecule has 2 fully saturated rings.